The van der Waals surface area contributed by atoms with Crippen molar-refractivity contribution in [2.24, 2.45) is 5.92 Å². The van der Waals surface area contributed by atoms with E-state index in [1.807, 2.05) is 19.1 Å². The molecule has 0 bridgehead atoms. The zero-order valence-corrected chi connectivity index (χ0v) is 12.0. The van der Waals surface area contributed by atoms with E-state index in [1.165, 1.54) is 5.56 Å². The Morgan fingerprint density at radius 2 is 2.21 bits per heavy atom. The highest BCUT2D eigenvalue weighted by Gasteiger charge is 2.23. The van der Waals surface area contributed by atoms with Crippen LogP contribution < -0.4 is 5.32 Å². The minimum absolute atomic E-state index is 0.00614. The van der Waals surface area contributed by atoms with E-state index < -0.39 is 0 Å². The van der Waals surface area contributed by atoms with Crippen molar-refractivity contribution < 1.29 is 9.53 Å². The van der Waals surface area contributed by atoms with Gasteiger partial charge in [0.15, 0.2) is 0 Å². The molecule has 1 saturated heterocycles. The molecule has 1 N–H and O–H groups in total. The minimum Gasteiger partial charge on any atom is -0.381 e. The van der Waals surface area contributed by atoms with Gasteiger partial charge in [0.1, 0.15) is 0 Å². The molecule has 1 unspecified atom stereocenters. The van der Waals surface area contributed by atoms with E-state index in [2.05, 4.69) is 25.2 Å². The van der Waals surface area contributed by atoms with Gasteiger partial charge in [0.2, 0.25) is 5.91 Å². The van der Waals surface area contributed by atoms with Crippen molar-refractivity contribution in [2.75, 3.05) is 18.5 Å². The number of carbonyl (C=O) groups excluding carboxylic acids is 1. The van der Waals surface area contributed by atoms with Crippen LogP contribution >= 0.6 is 0 Å². The van der Waals surface area contributed by atoms with E-state index in [4.69, 9.17) is 4.74 Å². The average Bonchev–Trinajstić information content (AvgIpc) is 2.41. The molecule has 0 aliphatic carbocycles. The van der Waals surface area contributed by atoms with Crippen LogP contribution in [0.3, 0.4) is 0 Å². The lowest BCUT2D eigenvalue weighted by atomic mass is 9.96. The van der Waals surface area contributed by atoms with Crippen LogP contribution in [0.2, 0.25) is 0 Å². The Morgan fingerprint density at radius 3 is 2.84 bits per heavy atom. The summed E-state index contributed by atoms with van der Waals surface area (Å²) < 4.78 is 5.39. The topological polar surface area (TPSA) is 38.3 Å². The fourth-order valence-corrected chi connectivity index (χ4v) is 2.52. The number of amides is 1. The molecular weight excluding hydrogens is 238 g/mol. The van der Waals surface area contributed by atoms with Gasteiger partial charge in [-0.3, -0.25) is 4.79 Å². The Bertz CT molecular complexity index is 448. The highest BCUT2D eigenvalue weighted by Crippen LogP contribution is 2.28. The molecule has 3 nitrogen and oxygen atoms in total. The largest absolute Gasteiger partial charge is 0.381 e. The Morgan fingerprint density at radius 1 is 1.42 bits per heavy atom. The van der Waals surface area contributed by atoms with Crippen LogP contribution in [0, 0.1) is 12.8 Å². The summed E-state index contributed by atoms with van der Waals surface area (Å²) in [7, 11) is 0. The van der Waals surface area contributed by atoms with Crippen LogP contribution in [-0.2, 0) is 9.53 Å². The van der Waals surface area contributed by atoms with Gasteiger partial charge in [-0.05, 0) is 36.8 Å². The number of hydrogen-bond donors (Lipinski definition) is 1. The summed E-state index contributed by atoms with van der Waals surface area (Å²) in [5.41, 5.74) is 3.30. The first kappa shape index (κ1) is 14.1. The Kier molecular flexibility index (Phi) is 4.59. The summed E-state index contributed by atoms with van der Waals surface area (Å²) in [6.45, 7) is 7.67. The lowest BCUT2D eigenvalue weighted by Gasteiger charge is -2.23. The fraction of sp³-hybridized carbons (Fsp3) is 0.562. The molecule has 3 heteroatoms. The maximum absolute atomic E-state index is 12.3. The molecule has 0 aromatic heterocycles. The monoisotopic (exact) mass is 261 g/mol. The van der Waals surface area contributed by atoms with Gasteiger partial charge < -0.3 is 10.1 Å². The third-order valence-corrected chi connectivity index (χ3v) is 3.71. The predicted octanol–water partition coefficient (Wildman–Crippen LogP) is 3.48. The zero-order valence-electron chi connectivity index (χ0n) is 12.0. The molecule has 0 radical (unpaired) electrons. The third kappa shape index (κ3) is 3.35. The summed E-state index contributed by atoms with van der Waals surface area (Å²) >= 11 is 0. The van der Waals surface area contributed by atoms with Crippen LogP contribution in [0.4, 0.5) is 5.69 Å². The van der Waals surface area contributed by atoms with E-state index in [-0.39, 0.29) is 11.8 Å². The van der Waals surface area contributed by atoms with Crippen molar-refractivity contribution in [1.29, 1.82) is 0 Å². The van der Waals surface area contributed by atoms with Crippen LogP contribution in [0.25, 0.3) is 0 Å². The second-order valence-corrected chi connectivity index (χ2v) is 5.60. The Balaban J connectivity index is 2.15. The number of hydrogen-bond acceptors (Lipinski definition) is 2. The van der Waals surface area contributed by atoms with E-state index >= 15 is 0 Å². The van der Waals surface area contributed by atoms with Crippen LogP contribution in [0.1, 0.15) is 43.7 Å². The highest BCUT2D eigenvalue weighted by molar-refractivity contribution is 5.94. The standard InChI is InChI=1S/C16H23NO2/c1-11(2)14-8-4-6-12(3)15(14)17-16(18)13-7-5-9-19-10-13/h4,6,8,11,13H,5,7,9-10H2,1-3H3,(H,17,18). The van der Waals surface area contributed by atoms with Crippen LogP contribution in [-0.4, -0.2) is 19.1 Å². The Labute approximate surface area is 115 Å². The summed E-state index contributed by atoms with van der Waals surface area (Å²) in [4.78, 5) is 12.3. The van der Waals surface area contributed by atoms with Crippen molar-refractivity contribution in [3.05, 3.63) is 29.3 Å². The molecule has 1 aliphatic rings. The number of aryl methyl sites for hydroxylation is 1. The van der Waals surface area contributed by atoms with Gasteiger partial charge in [0.05, 0.1) is 12.5 Å². The van der Waals surface area contributed by atoms with Crippen molar-refractivity contribution in [2.45, 2.75) is 39.5 Å². The van der Waals surface area contributed by atoms with E-state index in [0.717, 1.165) is 30.7 Å². The van der Waals surface area contributed by atoms with Crippen LogP contribution in [0.15, 0.2) is 18.2 Å². The zero-order chi connectivity index (χ0) is 13.8. The van der Waals surface area contributed by atoms with Gasteiger partial charge in [-0.25, -0.2) is 0 Å². The number of carbonyl (C=O) groups is 1. The molecule has 1 atom stereocenters. The predicted molar refractivity (Wildman–Crippen MR) is 77.4 cm³/mol. The molecule has 1 heterocycles. The lowest BCUT2D eigenvalue weighted by molar-refractivity contribution is -0.123. The summed E-state index contributed by atoms with van der Waals surface area (Å²) in [6, 6.07) is 6.17. The molecular formula is C16H23NO2. The maximum atomic E-state index is 12.3. The first-order valence-corrected chi connectivity index (χ1v) is 7.07. The van der Waals surface area contributed by atoms with Gasteiger partial charge in [-0.2, -0.15) is 0 Å². The van der Waals surface area contributed by atoms with Gasteiger partial charge in [-0.1, -0.05) is 32.0 Å². The smallest absolute Gasteiger partial charge is 0.229 e. The quantitative estimate of drug-likeness (QED) is 0.904. The van der Waals surface area contributed by atoms with Crippen molar-refractivity contribution in [3.63, 3.8) is 0 Å². The molecule has 2 rings (SSSR count). The van der Waals surface area contributed by atoms with Gasteiger partial charge >= 0.3 is 0 Å². The summed E-state index contributed by atoms with van der Waals surface area (Å²) in [6.07, 6.45) is 1.90. The first-order chi connectivity index (χ1) is 9.09. The van der Waals surface area contributed by atoms with Crippen molar-refractivity contribution >= 4 is 11.6 Å². The molecule has 1 fully saturated rings. The molecule has 0 spiro atoms. The number of ether oxygens (including phenoxy) is 1. The molecule has 1 aliphatic heterocycles. The van der Waals surface area contributed by atoms with Gasteiger partial charge in [0, 0.05) is 12.3 Å². The number of para-hydroxylation sites is 1. The lowest BCUT2D eigenvalue weighted by Crippen LogP contribution is -2.30. The third-order valence-electron chi connectivity index (χ3n) is 3.71. The normalized spacial score (nSPS) is 19.5. The Hall–Kier alpha value is -1.35. The second-order valence-electron chi connectivity index (χ2n) is 5.60. The molecule has 1 amide bonds. The highest BCUT2D eigenvalue weighted by atomic mass is 16.5. The van der Waals surface area contributed by atoms with E-state index in [0.29, 0.717) is 12.5 Å². The fourth-order valence-electron chi connectivity index (χ4n) is 2.52. The number of benzene rings is 1. The second kappa shape index (κ2) is 6.20. The minimum atomic E-state index is -0.00614. The first-order valence-electron chi connectivity index (χ1n) is 7.07. The summed E-state index contributed by atoms with van der Waals surface area (Å²) in [5.74, 6) is 0.488. The molecule has 1 aromatic rings. The van der Waals surface area contributed by atoms with E-state index in [1.54, 1.807) is 0 Å². The number of rotatable bonds is 3. The molecule has 104 valence electrons. The maximum Gasteiger partial charge on any atom is 0.229 e. The van der Waals surface area contributed by atoms with E-state index in [9.17, 15) is 4.79 Å². The summed E-state index contributed by atoms with van der Waals surface area (Å²) in [5, 5.41) is 3.11. The SMILES string of the molecule is Cc1cccc(C(C)C)c1NC(=O)C1CCCOC1. The van der Waals surface area contributed by atoms with Gasteiger partial charge in [-0.15, -0.1) is 0 Å². The van der Waals surface area contributed by atoms with Crippen molar-refractivity contribution in [1.82, 2.24) is 0 Å². The molecule has 19 heavy (non-hydrogen) atoms. The molecule has 1 aromatic carbocycles. The number of nitrogens with one attached hydrogen (secondary N) is 1. The van der Waals surface area contributed by atoms with Crippen molar-refractivity contribution in [3.8, 4) is 0 Å². The van der Waals surface area contributed by atoms with Crippen LogP contribution in [0.5, 0.6) is 0 Å². The molecule has 0 saturated carbocycles. The average molecular weight is 261 g/mol. The number of anilines is 1. The van der Waals surface area contributed by atoms with Gasteiger partial charge in [0.25, 0.3) is 0 Å².